The summed E-state index contributed by atoms with van der Waals surface area (Å²) < 4.78 is 25.8. The lowest BCUT2D eigenvalue weighted by atomic mass is 9.97. The van der Waals surface area contributed by atoms with Gasteiger partial charge in [0.25, 0.3) is 0 Å². The summed E-state index contributed by atoms with van der Waals surface area (Å²) in [5.74, 6) is -0.118. The highest BCUT2D eigenvalue weighted by Crippen LogP contribution is 2.26. The summed E-state index contributed by atoms with van der Waals surface area (Å²) in [6.45, 7) is 6.29. The largest absolute Gasteiger partial charge is 0.506 e. The van der Waals surface area contributed by atoms with Crippen LogP contribution in [0.4, 0.5) is 5.69 Å². The van der Waals surface area contributed by atoms with E-state index >= 15 is 0 Å². The third-order valence-corrected chi connectivity index (χ3v) is 4.20. The van der Waals surface area contributed by atoms with Gasteiger partial charge in [-0.1, -0.05) is 20.8 Å². The van der Waals surface area contributed by atoms with Crippen molar-refractivity contribution in [2.24, 2.45) is 5.41 Å². The monoisotopic (exact) mass is 272 g/mol. The van der Waals surface area contributed by atoms with E-state index in [0.29, 0.717) is 6.54 Å². The van der Waals surface area contributed by atoms with Crippen LogP contribution in [0, 0.1) is 5.41 Å². The summed E-state index contributed by atoms with van der Waals surface area (Å²) in [6, 6.07) is 3.90. The van der Waals surface area contributed by atoms with E-state index < -0.39 is 10.0 Å². The normalized spacial score (nSPS) is 12.9. The van der Waals surface area contributed by atoms with Gasteiger partial charge in [-0.25, -0.2) is 12.7 Å². The van der Waals surface area contributed by atoms with Crippen LogP contribution in [0.2, 0.25) is 0 Å². The van der Waals surface area contributed by atoms with Crippen molar-refractivity contribution in [3.05, 3.63) is 18.2 Å². The molecule has 0 saturated carbocycles. The first-order valence-corrected chi connectivity index (χ1v) is 7.03. The number of nitrogens with zero attached hydrogens (tertiary/aromatic N) is 1. The summed E-state index contributed by atoms with van der Waals surface area (Å²) in [4.78, 5) is 0.0875. The molecule has 1 aromatic carbocycles. The molecule has 0 aliphatic carbocycles. The van der Waals surface area contributed by atoms with Gasteiger partial charge in [0.15, 0.2) is 0 Å². The first kappa shape index (κ1) is 14.8. The summed E-state index contributed by atoms with van der Waals surface area (Å²) in [5.41, 5.74) is 5.43. The number of rotatable bonds is 3. The van der Waals surface area contributed by atoms with Crippen LogP contribution in [0.15, 0.2) is 23.1 Å². The minimum absolute atomic E-state index is 0.0558. The predicted octanol–water partition coefficient (Wildman–Crippen LogP) is 1.64. The number of anilines is 1. The molecule has 0 aliphatic rings. The van der Waals surface area contributed by atoms with Crippen LogP contribution in [0.5, 0.6) is 5.75 Å². The van der Waals surface area contributed by atoms with E-state index in [2.05, 4.69) is 0 Å². The number of phenols is 1. The Morgan fingerprint density at radius 3 is 2.33 bits per heavy atom. The third kappa shape index (κ3) is 3.36. The maximum absolute atomic E-state index is 12.3. The van der Waals surface area contributed by atoms with Crippen LogP contribution in [0.3, 0.4) is 0 Å². The number of hydrogen-bond donors (Lipinski definition) is 2. The number of nitrogen functional groups attached to an aromatic ring is 1. The number of phenolic OH excluding ortho intramolecular Hbond substituents is 1. The maximum atomic E-state index is 12.3. The van der Waals surface area contributed by atoms with Crippen LogP contribution in [0.1, 0.15) is 20.8 Å². The number of nitrogens with two attached hydrogens (primary N) is 1. The molecule has 0 aliphatic heterocycles. The van der Waals surface area contributed by atoms with Crippen LogP contribution >= 0.6 is 0 Å². The van der Waals surface area contributed by atoms with Gasteiger partial charge in [-0.15, -0.1) is 0 Å². The Hall–Kier alpha value is -1.27. The topological polar surface area (TPSA) is 83.6 Å². The summed E-state index contributed by atoms with van der Waals surface area (Å²) in [7, 11) is -2.04. The zero-order valence-electron chi connectivity index (χ0n) is 11.1. The first-order valence-electron chi connectivity index (χ1n) is 5.59. The third-order valence-electron chi connectivity index (χ3n) is 2.40. The standard InChI is InChI=1S/C12H20N2O3S/c1-12(2,3)8-14(4)18(16,17)9-5-6-11(15)10(13)7-9/h5-7,15H,8,13H2,1-4H3. The highest BCUT2D eigenvalue weighted by molar-refractivity contribution is 7.89. The quantitative estimate of drug-likeness (QED) is 0.647. The second kappa shape index (κ2) is 4.78. The number of benzene rings is 1. The molecule has 0 atom stereocenters. The molecule has 18 heavy (non-hydrogen) atoms. The van der Waals surface area contributed by atoms with Gasteiger partial charge in [0.1, 0.15) is 5.75 Å². The van der Waals surface area contributed by atoms with Gasteiger partial charge in [-0.2, -0.15) is 0 Å². The van der Waals surface area contributed by atoms with Gasteiger partial charge in [0.2, 0.25) is 10.0 Å². The Kier molecular flexibility index (Phi) is 3.92. The maximum Gasteiger partial charge on any atom is 0.242 e. The van der Waals surface area contributed by atoms with Gasteiger partial charge >= 0.3 is 0 Å². The molecule has 0 aromatic heterocycles. The number of sulfonamides is 1. The molecule has 0 unspecified atom stereocenters. The Balaban J connectivity index is 3.10. The van der Waals surface area contributed by atoms with Crippen molar-refractivity contribution in [3.8, 4) is 5.75 Å². The fraction of sp³-hybridized carbons (Fsp3) is 0.500. The summed E-state index contributed by atoms with van der Waals surface area (Å²) >= 11 is 0. The van der Waals surface area contributed by atoms with Crippen molar-refractivity contribution < 1.29 is 13.5 Å². The molecular weight excluding hydrogens is 252 g/mol. The molecule has 0 amide bonds. The van der Waals surface area contributed by atoms with Crippen molar-refractivity contribution in [3.63, 3.8) is 0 Å². The molecule has 1 aromatic rings. The van der Waals surface area contributed by atoms with E-state index in [1.807, 2.05) is 20.8 Å². The van der Waals surface area contributed by atoms with Gasteiger partial charge in [0, 0.05) is 13.6 Å². The second-order valence-corrected chi connectivity index (χ2v) is 7.59. The Morgan fingerprint density at radius 2 is 1.89 bits per heavy atom. The lowest BCUT2D eigenvalue weighted by Gasteiger charge is -2.26. The van der Waals surface area contributed by atoms with Gasteiger partial charge in [0.05, 0.1) is 10.6 Å². The zero-order valence-corrected chi connectivity index (χ0v) is 12.0. The first-order chi connectivity index (χ1) is 8.04. The van der Waals surface area contributed by atoms with E-state index in [9.17, 15) is 13.5 Å². The van der Waals surface area contributed by atoms with E-state index in [4.69, 9.17) is 5.73 Å². The van der Waals surface area contributed by atoms with Gasteiger partial charge in [-0.3, -0.25) is 0 Å². The molecule has 102 valence electrons. The average Bonchev–Trinajstić information content (AvgIpc) is 2.19. The molecule has 1 rings (SSSR count). The smallest absolute Gasteiger partial charge is 0.242 e. The van der Waals surface area contributed by atoms with E-state index in [1.165, 1.54) is 29.6 Å². The van der Waals surface area contributed by atoms with Crippen molar-refractivity contribution in [1.82, 2.24) is 4.31 Å². The Labute approximate surface area is 108 Å². The molecule has 0 heterocycles. The Morgan fingerprint density at radius 1 is 1.33 bits per heavy atom. The van der Waals surface area contributed by atoms with Crippen molar-refractivity contribution >= 4 is 15.7 Å². The van der Waals surface area contributed by atoms with Crippen molar-refractivity contribution in [1.29, 1.82) is 0 Å². The molecule has 0 saturated heterocycles. The average molecular weight is 272 g/mol. The predicted molar refractivity (Wildman–Crippen MR) is 71.8 cm³/mol. The molecule has 3 N–H and O–H groups in total. The van der Waals surface area contributed by atoms with E-state index in [-0.39, 0.29) is 21.7 Å². The summed E-state index contributed by atoms with van der Waals surface area (Å²) in [6.07, 6.45) is 0. The van der Waals surface area contributed by atoms with Crippen LogP contribution in [0.25, 0.3) is 0 Å². The molecule has 0 bridgehead atoms. The summed E-state index contributed by atoms with van der Waals surface area (Å²) in [5, 5.41) is 9.30. The van der Waals surface area contributed by atoms with E-state index in [0.717, 1.165) is 0 Å². The number of hydrogen-bond acceptors (Lipinski definition) is 4. The van der Waals surface area contributed by atoms with Crippen molar-refractivity contribution in [2.45, 2.75) is 25.7 Å². The van der Waals surface area contributed by atoms with Crippen LogP contribution < -0.4 is 5.73 Å². The lowest BCUT2D eigenvalue weighted by molar-refractivity contribution is 0.311. The van der Waals surface area contributed by atoms with Crippen molar-refractivity contribution in [2.75, 3.05) is 19.3 Å². The van der Waals surface area contributed by atoms with E-state index in [1.54, 1.807) is 0 Å². The Bertz CT molecular complexity index is 533. The second-order valence-electron chi connectivity index (χ2n) is 5.54. The fourth-order valence-electron chi connectivity index (χ4n) is 1.63. The van der Waals surface area contributed by atoms with Gasteiger partial charge in [-0.05, 0) is 23.6 Å². The lowest BCUT2D eigenvalue weighted by Crippen LogP contribution is -2.34. The zero-order chi connectivity index (χ0) is 14.1. The van der Waals surface area contributed by atoms with Gasteiger partial charge < -0.3 is 10.8 Å². The highest BCUT2D eigenvalue weighted by Gasteiger charge is 2.25. The fourth-order valence-corrected chi connectivity index (χ4v) is 3.06. The molecule has 5 nitrogen and oxygen atoms in total. The highest BCUT2D eigenvalue weighted by atomic mass is 32.2. The SMILES string of the molecule is CN(CC(C)(C)C)S(=O)(=O)c1ccc(O)c(N)c1. The minimum atomic E-state index is -3.57. The molecule has 0 spiro atoms. The molecule has 0 radical (unpaired) electrons. The number of aromatic hydroxyl groups is 1. The van der Waals surface area contributed by atoms with Crippen LogP contribution in [-0.4, -0.2) is 31.4 Å². The molecule has 0 fully saturated rings. The molecule has 6 heteroatoms. The molecular formula is C12H20N2O3S. The van der Waals surface area contributed by atoms with Crippen LogP contribution in [-0.2, 0) is 10.0 Å². The minimum Gasteiger partial charge on any atom is -0.506 e.